The summed E-state index contributed by atoms with van der Waals surface area (Å²) >= 11 is 0. The van der Waals surface area contributed by atoms with E-state index in [-0.39, 0.29) is 18.1 Å². The molecule has 2 heteroatoms. The number of aliphatic hydroxyl groups excluding tert-OH is 1. The zero-order valence-electron chi connectivity index (χ0n) is 9.18. The molecule has 1 aliphatic carbocycles. The molecular weight excluding hydrogens is 176 g/mol. The molecule has 1 rings (SSSR count). The van der Waals surface area contributed by atoms with Crippen molar-refractivity contribution in [1.29, 1.82) is 0 Å². The predicted molar refractivity (Wildman–Crippen MR) is 56.9 cm³/mol. The second-order valence-electron chi connectivity index (χ2n) is 4.06. The lowest BCUT2D eigenvalue weighted by Crippen LogP contribution is -2.31. The first-order valence-electron chi connectivity index (χ1n) is 5.40. The zero-order chi connectivity index (χ0) is 10.4. The van der Waals surface area contributed by atoms with Crippen molar-refractivity contribution in [2.24, 2.45) is 5.41 Å². The van der Waals surface area contributed by atoms with Crippen LogP contribution >= 0.6 is 0 Å². The van der Waals surface area contributed by atoms with E-state index in [4.69, 9.17) is 4.74 Å². The van der Waals surface area contributed by atoms with Crippen molar-refractivity contribution in [2.75, 3.05) is 13.7 Å². The molecule has 80 valence electrons. The van der Waals surface area contributed by atoms with E-state index in [0.29, 0.717) is 0 Å². The van der Waals surface area contributed by atoms with Crippen LogP contribution in [0.2, 0.25) is 0 Å². The lowest BCUT2D eigenvalue weighted by Gasteiger charge is -2.31. The molecule has 0 bridgehead atoms. The molecule has 2 atom stereocenters. The maximum Gasteiger partial charge on any atom is 0.0598 e. The van der Waals surface area contributed by atoms with Gasteiger partial charge in [-0.05, 0) is 25.7 Å². The normalized spacial score (nSPS) is 27.9. The van der Waals surface area contributed by atoms with Crippen molar-refractivity contribution in [3.63, 3.8) is 0 Å². The van der Waals surface area contributed by atoms with Crippen LogP contribution in [0.15, 0.2) is 0 Å². The topological polar surface area (TPSA) is 29.5 Å². The minimum Gasteiger partial charge on any atom is -0.395 e. The van der Waals surface area contributed by atoms with Gasteiger partial charge >= 0.3 is 0 Å². The summed E-state index contributed by atoms with van der Waals surface area (Å²) in [7, 11) is 1.73. The van der Waals surface area contributed by atoms with Crippen LogP contribution in [0.1, 0.15) is 39.0 Å². The quantitative estimate of drug-likeness (QED) is 0.681. The zero-order valence-corrected chi connectivity index (χ0v) is 9.18. The Kier molecular flexibility index (Phi) is 4.44. The van der Waals surface area contributed by atoms with Gasteiger partial charge in [0.15, 0.2) is 0 Å². The monoisotopic (exact) mass is 196 g/mol. The van der Waals surface area contributed by atoms with Gasteiger partial charge in [-0.2, -0.15) is 0 Å². The van der Waals surface area contributed by atoms with Gasteiger partial charge < -0.3 is 9.84 Å². The summed E-state index contributed by atoms with van der Waals surface area (Å²) in [4.78, 5) is 0. The Hall–Kier alpha value is -0.520. The summed E-state index contributed by atoms with van der Waals surface area (Å²) in [6.45, 7) is 2.27. The van der Waals surface area contributed by atoms with Gasteiger partial charge in [0.2, 0.25) is 0 Å². The fourth-order valence-electron chi connectivity index (χ4n) is 1.99. The molecular formula is C12H20O2. The molecule has 0 unspecified atom stereocenters. The van der Waals surface area contributed by atoms with Crippen LogP contribution in [-0.4, -0.2) is 24.9 Å². The first-order valence-corrected chi connectivity index (χ1v) is 5.40. The van der Waals surface area contributed by atoms with Crippen molar-refractivity contribution in [1.82, 2.24) is 0 Å². The number of hydrogen-bond acceptors (Lipinski definition) is 2. The van der Waals surface area contributed by atoms with Gasteiger partial charge in [-0.3, -0.25) is 0 Å². The molecule has 0 aliphatic heterocycles. The third-order valence-electron chi connectivity index (χ3n) is 3.02. The molecule has 0 heterocycles. The highest BCUT2D eigenvalue weighted by Crippen LogP contribution is 2.33. The van der Waals surface area contributed by atoms with Gasteiger partial charge in [-0.1, -0.05) is 12.8 Å². The molecule has 0 fully saturated rings. The molecule has 0 aromatic heterocycles. The summed E-state index contributed by atoms with van der Waals surface area (Å²) in [6.07, 6.45) is 5.17. The van der Waals surface area contributed by atoms with E-state index in [2.05, 4.69) is 18.8 Å². The maximum atomic E-state index is 9.42. The number of hydrogen-bond donors (Lipinski definition) is 1. The first kappa shape index (κ1) is 11.6. The average Bonchev–Trinajstić information content (AvgIpc) is 2.27. The van der Waals surface area contributed by atoms with Gasteiger partial charge in [-0.25, -0.2) is 0 Å². The summed E-state index contributed by atoms with van der Waals surface area (Å²) in [5, 5.41) is 9.42. The van der Waals surface area contributed by atoms with E-state index in [9.17, 15) is 5.11 Å². The number of rotatable bonds is 5. The van der Waals surface area contributed by atoms with E-state index in [1.54, 1.807) is 7.11 Å². The number of aliphatic hydroxyl groups is 1. The second kappa shape index (κ2) is 5.38. The van der Waals surface area contributed by atoms with E-state index in [1.165, 1.54) is 0 Å². The summed E-state index contributed by atoms with van der Waals surface area (Å²) in [5.41, 5.74) is -0.186. The molecule has 0 spiro atoms. The van der Waals surface area contributed by atoms with Crippen LogP contribution in [-0.2, 0) is 4.74 Å². The van der Waals surface area contributed by atoms with Gasteiger partial charge in [0, 0.05) is 13.5 Å². The van der Waals surface area contributed by atoms with Crippen molar-refractivity contribution < 1.29 is 9.84 Å². The van der Waals surface area contributed by atoms with Crippen molar-refractivity contribution >= 4 is 0 Å². The minimum atomic E-state index is -0.186. The van der Waals surface area contributed by atoms with Gasteiger partial charge in [-0.15, -0.1) is 5.92 Å². The molecule has 0 amide bonds. The van der Waals surface area contributed by atoms with E-state index in [0.717, 1.165) is 32.1 Å². The Balaban J connectivity index is 2.63. The SMILES string of the molecule is CC[C@@H](C[C@@]1(CO)C#CCCC1)OC. The van der Waals surface area contributed by atoms with Crippen LogP contribution in [0.3, 0.4) is 0 Å². The minimum absolute atomic E-state index is 0.167. The molecule has 0 aromatic carbocycles. The lowest BCUT2D eigenvalue weighted by molar-refractivity contribution is 0.0401. The fourth-order valence-corrected chi connectivity index (χ4v) is 1.99. The third-order valence-corrected chi connectivity index (χ3v) is 3.02. The smallest absolute Gasteiger partial charge is 0.0598 e. The Morgan fingerprint density at radius 1 is 1.57 bits per heavy atom. The fraction of sp³-hybridized carbons (Fsp3) is 0.833. The molecule has 1 aliphatic rings. The van der Waals surface area contributed by atoms with Crippen LogP contribution in [0.4, 0.5) is 0 Å². The molecule has 0 radical (unpaired) electrons. The summed E-state index contributed by atoms with van der Waals surface area (Å²) in [5.74, 6) is 6.32. The maximum absolute atomic E-state index is 9.42. The highest BCUT2D eigenvalue weighted by Gasteiger charge is 2.31. The van der Waals surface area contributed by atoms with Gasteiger partial charge in [0.05, 0.1) is 18.1 Å². The van der Waals surface area contributed by atoms with Gasteiger partial charge in [0.25, 0.3) is 0 Å². The number of methoxy groups -OCH3 is 1. The first-order chi connectivity index (χ1) is 6.76. The summed E-state index contributed by atoms with van der Waals surface area (Å²) in [6, 6.07) is 0. The highest BCUT2D eigenvalue weighted by atomic mass is 16.5. The van der Waals surface area contributed by atoms with Crippen molar-refractivity contribution in [2.45, 2.75) is 45.1 Å². The molecule has 0 saturated carbocycles. The molecule has 14 heavy (non-hydrogen) atoms. The van der Waals surface area contributed by atoms with Crippen molar-refractivity contribution in [3.05, 3.63) is 0 Å². The van der Waals surface area contributed by atoms with Gasteiger partial charge in [0.1, 0.15) is 0 Å². The Morgan fingerprint density at radius 2 is 2.36 bits per heavy atom. The average molecular weight is 196 g/mol. The molecule has 0 aromatic rings. The Morgan fingerprint density at radius 3 is 2.79 bits per heavy atom. The number of ether oxygens (including phenoxy) is 1. The van der Waals surface area contributed by atoms with E-state index < -0.39 is 0 Å². The van der Waals surface area contributed by atoms with E-state index in [1.807, 2.05) is 0 Å². The highest BCUT2D eigenvalue weighted by molar-refractivity contribution is 5.15. The molecule has 2 nitrogen and oxygen atoms in total. The van der Waals surface area contributed by atoms with Crippen LogP contribution < -0.4 is 0 Å². The van der Waals surface area contributed by atoms with Crippen molar-refractivity contribution in [3.8, 4) is 11.8 Å². The predicted octanol–water partition coefficient (Wildman–Crippen LogP) is 1.97. The van der Waals surface area contributed by atoms with E-state index >= 15 is 0 Å². The van der Waals surface area contributed by atoms with Crippen LogP contribution in [0.5, 0.6) is 0 Å². The van der Waals surface area contributed by atoms with Crippen LogP contribution in [0, 0.1) is 17.3 Å². The Labute approximate surface area is 86.7 Å². The largest absolute Gasteiger partial charge is 0.395 e. The third kappa shape index (κ3) is 2.73. The molecule has 1 N–H and O–H groups in total. The molecule has 0 saturated heterocycles. The lowest BCUT2D eigenvalue weighted by atomic mass is 9.76. The summed E-state index contributed by atoms with van der Waals surface area (Å²) < 4.78 is 5.35. The standard InChI is InChI=1S/C12H20O2/c1-3-11(14-2)9-12(10-13)7-5-4-6-8-12/h11,13H,3-5,7,9-10H2,1-2H3/t11-,12-/m0/s1. The van der Waals surface area contributed by atoms with Crippen LogP contribution in [0.25, 0.3) is 0 Å². The second-order valence-corrected chi connectivity index (χ2v) is 4.06. The Bertz CT molecular complexity index is 222.